The van der Waals surface area contributed by atoms with Gasteiger partial charge in [-0.2, -0.15) is 0 Å². The van der Waals surface area contributed by atoms with Gasteiger partial charge in [0.05, 0.1) is 0 Å². The molecule has 0 heterocycles. The van der Waals surface area contributed by atoms with Crippen LogP contribution >= 0.6 is 0 Å². The van der Waals surface area contributed by atoms with E-state index >= 15 is 0 Å². The topological polar surface area (TPSA) is 9.23 Å². The predicted molar refractivity (Wildman–Crippen MR) is 20.9 cm³/mol. The average molecular weight is 186 g/mol. The standard InChI is InChI=1S/C4H9O.Cd/c1-2-3-4-5;/h2-4H2,1H3;/q-1;+1. The Labute approximate surface area is 55.4 Å². The molecule has 0 spiro atoms. The van der Waals surface area contributed by atoms with Gasteiger partial charge < -0.3 is 0 Å². The monoisotopic (exact) mass is 187 g/mol. The van der Waals surface area contributed by atoms with Crippen molar-refractivity contribution in [2.24, 2.45) is 0 Å². The molecule has 0 unspecified atom stereocenters. The van der Waals surface area contributed by atoms with Crippen molar-refractivity contribution in [1.29, 1.82) is 0 Å². The van der Waals surface area contributed by atoms with Crippen molar-refractivity contribution in [2.75, 3.05) is 6.61 Å². The summed E-state index contributed by atoms with van der Waals surface area (Å²) in [5.41, 5.74) is 0. The summed E-state index contributed by atoms with van der Waals surface area (Å²) in [5.74, 6) is 0. The van der Waals surface area contributed by atoms with Gasteiger partial charge in [0.1, 0.15) is 0 Å². The van der Waals surface area contributed by atoms with Crippen LogP contribution in [0.2, 0.25) is 0 Å². The molecular formula is C4H9CdO. The summed E-state index contributed by atoms with van der Waals surface area (Å²) in [6, 6.07) is 0. The first-order valence-corrected chi connectivity index (χ1v) is 3.93. The summed E-state index contributed by atoms with van der Waals surface area (Å²) in [5, 5.41) is 0. The first-order chi connectivity index (χ1) is 2.91. The summed E-state index contributed by atoms with van der Waals surface area (Å²) in [7, 11) is 0. The summed E-state index contributed by atoms with van der Waals surface area (Å²) < 4.78 is 4.95. The van der Waals surface area contributed by atoms with Crippen molar-refractivity contribution in [3.63, 3.8) is 0 Å². The van der Waals surface area contributed by atoms with Gasteiger partial charge in [-0.25, -0.2) is 0 Å². The number of hydrogen-bond acceptors (Lipinski definition) is 1. The fourth-order valence-electron chi connectivity index (χ4n) is 0.246. The zero-order valence-corrected chi connectivity index (χ0v) is 8.27. The second-order valence-corrected chi connectivity index (χ2v) is 2.43. The minimum absolute atomic E-state index is 0.718. The fraction of sp³-hybridized carbons (Fsp3) is 1.00. The van der Waals surface area contributed by atoms with Crippen molar-refractivity contribution in [3.05, 3.63) is 0 Å². The van der Waals surface area contributed by atoms with Crippen molar-refractivity contribution in [1.82, 2.24) is 0 Å². The third kappa shape index (κ3) is 4.88. The Morgan fingerprint density at radius 2 is 2.33 bits per heavy atom. The molecule has 2 heteroatoms. The molecule has 0 aromatic carbocycles. The van der Waals surface area contributed by atoms with Gasteiger partial charge >= 0.3 is 55.3 Å². The van der Waals surface area contributed by atoms with Gasteiger partial charge in [-0.3, -0.25) is 0 Å². The minimum atomic E-state index is 0.718. The number of hydrogen-bond donors (Lipinski definition) is 0. The fourth-order valence-corrected chi connectivity index (χ4v) is 0.829. The van der Waals surface area contributed by atoms with E-state index in [1.165, 1.54) is 12.8 Å². The van der Waals surface area contributed by atoms with Crippen LogP contribution in [0.1, 0.15) is 19.8 Å². The van der Waals surface area contributed by atoms with E-state index in [4.69, 9.17) is 2.69 Å². The van der Waals surface area contributed by atoms with Crippen molar-refractivity contribution in [2.45, 2.75) is 19.8 Å². The summed E-state index contributed by atoms with van der Waals surface area (Å²) in [6.07, 6.45) is 2.49. The van der Waals surface area contributed by atoms with Crippen molar-refractivity contribution in [3.8, 4) is 0 Å². The maximum atomic E-state index is 4.95. The second-order valence-electron chi connectivity index (χ2n) is 1.26. The Kier molecular flexibility index (Phi) is 6.75. The van der Waals surface area contributed by atoms with Crippen LogP contribution in [0.4, 0.5) is 0 Å². The van der Waals surface area contributed by atoms with Crippen LogP contribution in [0.15, 0.2) is 0 Å². The Hall–Kier alpha value is 0.882. The average Bonchev–Trinajstić information content (AvgIpc) is 1.61. The normalized spacial score (nSPS) is 9.17. The van der Waals surface area contributed by atoms with Crippen molar-refractivity contribution >= 4 is 0 Å². The molecule has 0 aromatic heterocycles. The van der Waals surface area contributed by atoms with Crippen LogP contribution in [-0.2, 0) is 28.9 Å². The Morgan fingerprint density at radius 1 is 1.67 bits per heavy atom. The van der Waals surface area contributed by atoms with Gasteiger partial charge in [0.2, 0.25) is 0 Å². The van der Waals surface area contributed by atoms with E-state index in [0.717, 1.165) is 32.8 Å². The molecule has 0 amide bonds. The first kappa shape index (κ1) is 6.88. The van der Waals surface area contributed by atoms with Crippen LogP contribution in [0.5, 0.6) is 0 Å². The zero-order chi connectivity index (χ0) is 4.83. The van der Waals surface area contributed by atoms with Gasteiger partial charge in [-0.15, -0.1) is 0 Å². The predicted octanol–water partition coefficient (Wildman–Crippen LogP) is 1.26. The molecule has 0 aliphatic carbocycles. The van der Waals surface area contributed by atoms with Crippen LogP contribution < -0.4 is 0 Å². The maximum absolute atomic E-state index is 4.95. The molecular weight excluding hydrogens is 176 g/mol. The van der Waals surface area contributed by atoms with Gasteiger partial charge in [0.15, 0.2) is 0 Å². The van der Waals surface area contributed by atoms with Gasteiger partial charge in [-0.05, 0) is 0 Å². The summed E-state index contributed by atoms with van der Waals surface area (Å²) in [4.78, 5) is 0. The van der Waals surface area contributed by atoms with Crippen molar-refractivity contribution < 1.29 is 28.9 Å². The SMILES string of the molecule is CCCC[O][Cd]. The Balaban J connectivity index is 2.34. The third-order valence-corrected chi connectivity index (χ3v) is 1.47. The van der Waals surface area contributed by atoms with Crippen LogP contribution in [0.3, 0.4) is 0 Å². The van der Waals surface area contributed by atoms with E-state index in [2.05, 4.69) is 6.92 Å². The van der Waals surface area contributed by atoms with E-state index in [0.29, 0.717) is 0 Å². The van der Waals surface area contributed by atoms with Crippen LogP contribution in [0.25, 0.3) is 0 Å². The number of unbranched alkanes of at least 4 members (excludes halogenated alkanes) is 1. The third-order valence-electron chi connectivity index (χ3n) is 0.642. The molecule has 0 aliphatic heterocycles. The molecule has 0 fully saturated rings. The van der Waals surface area contributed by atoms with E-state index in [1.807, 2.05) is 0 Å². The molecule has 1 nitrogen and oxygen atoms in total. The molecule has 6 heavy (non-hydrogen) atoms. The molecule has 0 aliphatic rings. The Bertz CT molecular complexity index is 19.5. The van der Waals surface area contributed by atoms with E-state index in [9.17, 15) is 0 Å². The van der Waals surface area contributed by atoms with Crippen LogP contribution in [0, 0.1) is 0 Å². The van der Waals surface area contributed by atoms with Gasteiger partial charge in [0, 0.05) is 0 Å². The molecule has 0 saturated carbocycles. The van der Waals surface area contributed by atoms with E-state index in [-0.39, 0.29) is 0 Å². The molecule has 33 valence electrons. The second kappa shape index (κ2) is 5.88. The molecule has 0 atom stereocenters. The zero-order valence-electron chi connectivity index (χ0n) is 4.24. The number of rotatable bonds is 3. The quantitative estimate of drug-likeness (QED) is 0.475. The summed E-state index contributed by atoms with van der Waals surface area (Å²) >= 11 is 0.718. The van der Waals surface area contributed by atoms with E-state index in [1.54, 1.807) is 0 Å². The van der Waals surface area contributed by atoms with E-state index < -0.39 is 0 Å². The summed E-state index contributed by atoms with van der Waals surface area (Å²) in [6.45, 7) is 3.16. The molecule has 0 saturated heterocycles. The molecule has 0 N–H and O–H groups in total. The molecule has 0 rings (SSSR count). The molecule has 0 radical (unpaired) electrons. The molecule has 0 bridgehead atoms. The van der Waals surface area contributed by atoms with Gasteiger partial charge in [0.25, 0.3) is 0 Å². The molecule has 0 aromatic rings. The Morgan fingerprint density at radius 3 is 2.50 bits per heavy atom. The first-order valence-electron chi connectivity index (χ1n) is 2.28. The van der Waals surface area contributed by atoms with Gasteiger partial charge in [-0.1, -0.05) is 0 Å². The van der Waals surface area contributed by atoms with Crippen LogP contribution in [-0.4, -0.2) is 6.61 Å².